The molecular formula is C18H21ClFN. The van der Waals surface area contributed by atoms with Crippen molar-refractivity contribution in [3.05, 3.63) is 64.9 Å². The van der Waals surface area contributed by atoms with Crippen molar-refractivity contribution in [1.82, 2.24) is 0 Å². The molecule has 1 nitrogen and oxygen atoms in total. The van der Waals surface area contributed by atoms with E-state index in [4.69, 9.17) is 11.6 Å². The maximum atomic E-state index is 13.5. The Bertz CT molecular complexity index is 536. The average Bonchev–Trinajstić information content (AvgIpc) is 2.46. The van der Waals surface area contributed by atoms with Gasteiger partial charge in [0, 0.05) is 10.7 Å². The lowest BCUT2D eigenvalue weighted by Crippen LogP contribution is -2.11. The molecule has 1 unspecified atom stereocenters. The molecule has 0 saturated carbocycles. The Labute approximate surface area is 131 Å². The highest BCUT2D eigenvalue weighted by Gasteiger charge is 2.11. The van der Waals surface area contributed by atoms with Gasteiger partial charge in [-0.2, -0.15) is 0 Å². The van der Waals surface area contributed by atoms with Gasteiger partial charge in [-0.25, -0.2) is 4.39 Å². The van der Waals surface area contributed by atoms with E-state index in [9.17, 15) is 4.39 Å². The summed E-state index contributed by atoms with van der Waals surface area (Å²) in [5.41, 5.74) is 1.94. The van der Waals surface area contributed by atoms with Gasteiger partial charge in [0.1, 0.15) is 5.82 Å². The molecule has 2 aromatic rings. The normalized spacial score (nSPS) is 12.1. The molecule has 0 saturated heterocycles. The monoisotopic (exact) mass is 305 g/mol. The Morgan fingerprint density at radius 3 is 2.52 bits per heavy atom. The van der Waals surface area contributed by atoms with Crippen molar-refractivity contribution >= 4 is 17.3 Å². The van der Waals surface area contributed by atoms with E-state index in [1.165, 1.54) is 30.5 Å². The summed E-state index contributed by atoms with van der Waals surface area (Å²) < 4.78 is 13.5. The van der Waals surface area contributed by atoms with E-state index < -0.39 is 0 Å². The zero-order valence-corrected chi connectivity index (χ0v) is 13.0. The fourth-order valence-electron chi connectivity index (χ4n) is 2.44. The number of rotatable bonds is 7. The predicted octanol–water partition coefficient (Wildman–Crippen LogP) is 6.21. The quantitative estimate of drug-likeness (QED) is 0.599. The molecule has 3 heteroatoms. The van der Waals surface area contributed by atoms with Gasteiger partial charge in [-0.15, -0.1) is 0 Å². The van der Waals surface area contributed by atoms with Gasteiger partial charge in [0.15, 0.2) is 0 Å². The highest BCUT2D eigenvalue weighted by Crippen LogP contribution is 2.27. The topological polar surface area (TPSA) is 12.0 Å². The summed E-state index contributed by atoms with van der Waals surface area (Å²) in [5.74, 6) is -0.314. The molecular weight excluding hydrogens is 285 g/mol. The molecule has 0 aliphatic rings. The molecule has 112 valence electrons. The predicted molar refractivity (Wildman–Crippen MR) is 88.4 cm³/mol. The van der Waals surface area contributed by atoms with Crippen LogP contribution in [0.25, 0.3) is 0 Å². The van der Waals surface area contributed by atoms with Crippen LogP contribution in [-0.2, 0) is 0 Å². The third-order valence-electron chi connectivity index (χ3n) is 3.50. The fraction of sp³-hybridized carbons (Fsp3) is 0.333. The van der Waals surface area contributed by atoms with Gasteiger partial charge in [0.25, 0.3) is 0 Å². The zero-order chi connectivity index (χ0) is 15.1. The van der Waals surface area contributed by atoms with Crippen LogP contribution in [0.2, 0.25) is 5.02 Å². The second-order valence-electron chi connectivity index (χ2n) is 5.26. The van der Waals surface area contributed by atoms with E-state index in [0.717, 1.165) is 18.5 Å². The maximum absolute atomic E-state index is 13.5. The summed E-state index contributed by atoms with van der Waals surface area (Å²) in [6.45, 7) is 2.19. The number of hydrogen-bond donors (Lipinski definition) is 1. The minimum Gasteiger partial charge on any atom is -0.378 e. The first-order valence-electron chi connectivity index (χ1n) is 7.46. The van der Waals surface area contributed by atoms with E-state index >= 15 is 0 Å². The first kappa shape index (κ1) is 15.8. The fourth-order valence-corrected chi connectivity index (χ4v) is 2.67. The van der Waals surface area contributed by atoms with E-state index in [1.807, 2.05) is 18.2 Å². The molecule has 0 spiro atoms. The number of unbranched alkanes of at least 4 members (excludes halogenated alkanes) is 2. The molecule has 0 amide bonds. The van der Waals surface area contributed by atoms with E-state index in [-0.39, 0.29) is 11.9 Å². The first-order valence-corrected chi connectivity index (χ1v) is 7.84. The number of halogens is 2. The van der Waals surface area contributed by atoms with Crippen molar-refractivity contribution in [3.63, 3.8) is 0 Å². The molecule has 1 N–H and O–H groups in total. The highest BCUT2D eigenvalue weighted by molar-refractivity contribution is 6.30. The minimum absolute atomic E-state index is 0.176. The number of anilines is 1. The SMILES string of the molecule is CCCCCC(Nc1cc(F)cc(Cl)c1)c1ccccc1. The van der Waals surface area contributed by atoms with Crippen molar-refractivity contribution in [1.29, 1.82) is 0 Å². The largest absolute Gasteiger partial charge is 0.378 e. The van der Waals surface area contributed by atoms with Gasteiger partial charge < -0.3 is 5.32 Å². The third-order valence-corrected chi connectivity index (χ3v) is 3.72. The van der Waals surface area contributed by atoms with Crippen LogP contribution < -0.4 is 5.32 Å². The molecule has 0 aromatic heterocycles. The molecule has 0 aliphatic heterocycles. The second kappa shape index (κ2) is 8.04. The lowest BCUT2D eigenvalue weighted by molar-refractivity contribution is 0.603. The Balaban J connectivity index is 2.15. The van der Waals surface area contributed by atoms with Gasteiger partial charge in [0.2, 0.25) is 0 Å². The summed E-state index contributed by atoms with van der Waals surface area (Å²) in [4.78, 5) is 0. The Morgan fingerprint density at radius 1 is 1.10 bits per heavy atom. The van der Waals surface area contributed by atoms with Crippen LogP contribution >= 0.6 is 11.6 Å². The van der Waals surface area contributed by atoms with Crippen molar-refractivity contribution in [2.45, 2.75) is 38.6 Å². The van der Waals surface area contributed by atoms with E-state index in [2.05, 4.69) is 24.4 Å². The van der Waals surface area contributed by atoms with Crippen LogP contribution in [0, 0.1) is 5.82 Å². The number of nitrogens with one attached hydrogen (secondary N) is 1. The van der Waals surface area contributed by atoms with Gasteiger partial charge in [-0.3, -0.25) is 0 Å². The summed E-state index contributed by atoms with van der Waals surface area (Å²) in [6.07, 6.45) is 4.56. The summed E-state index contributed by atoms with van der Waals surface area (Å²) in [7, 11) is 0. The smallest absolute Gasteiger partial charge is 0.126 e. The van der Waals surface area contributed by atoms with E-state index in [1.54, 1.807) is 6.07 Å². The molecule has 0 aliphatic carbocycles. The maximum Gasteiger partial charge on any atom is 0.126 e. The molecule has 0 radical (unpaired) electrons. The van der Waals surface area contributed by atoms with Crippen LogP contribution in [0.4, 0.5) is 10.1 Å². The van der Waals surface area contributed by atoms with Crippen LogP contribution in [0.1, 0.15) is 44.2 Å². The summed E-state index contributed by atoms with van der Waals surface area (Å²) >= 11 is 5.93. The van der Waals surface area contributed by atoms with Crippen LogP contribution in [-0.4, -0.2) is 0 Å². The summed E-state index contributed by atoms with van der Waals surface area (Å²) in [5, 5.41) is 3.83. The molecule has 0 fully saturated rings. The minimum atomic E-state index is -0.314. The van der Waals surface area contributed by atoms with Gasteiger partial charge in [-0.05, 0) is 30.2 Å². The van der Waals surface area contributed by atoms with Crippen molar-refractivity contribution in [3.8, 4) is 0 Å². The van der Waals surface area contributed by atoms with Crippen LogP contribution in [0.5, 0.6) is 0 Å². The van der Waals surface area contributed by atoms with Gasteiger partial charge >= 0.3 is 0 Å². The number of benzene rings is 2. The highest BCUT2D eigenvalue weighted by atomic mass is 35.5. The van der Waals surface area contributed by atoms with Gasteiger partial charge in [-0.1, -0.05) is 68.1 Å². The average molecular weight is 306 g/mol. The molecule has 1 atom stereocenters. The Hall–Kier alpha value is -1.54. The van der Waals surface area contributed by atoms with Crippen LogP contribution in [0.3, 0.4) is 0 Å². The lowest BCUT2D eigenvalue weighted by atomic mass is 10.00. The van der Waals surface area contributed by atoms with E-state index in [0.29, 0.717) is 5.02 Å². The van der Waals surface area contributed by atoms with Crippen molar-refractivity contribution in [2.75, 3.05) is 5.32 Å². The Kier molecular flexibility index (Phi) is 6.06. The van der Waals surface area contributed by atoms with Gasteiger partial charge in [0.05, 0.1) is 6.04 Å². The molecule has 21 heavy (non-hydrogen) atoms. The molecule has 2 aromatic carbocycles. The summed E-state index contributed by atoms with van der Waals surface area (Å²) in [6, 6.07) is 15.0. The van der Waals surface area contributed by atoms with Crippen molar-refractivity contribution < 1.29 is 4.39 Å². The lowest BCUT2D eigenvalue weighted by Gasteiger charge is -2.21. The molecule has 0 heterocycles. The standard InChI is InChI=1S/C18H21ClFN/c1-2-3-5-10-18(14-8-6-4-7-9-14)21-17-12-15(19)11-16(20)13-17/h4,6-9,11-13,18,21H,2-3,5,10H2,1H3. The molecule has 0 bridgehead atoms. The Morgan fingerprint density at radius 2 is 1.86 bits per heavy atom. The second-order valence-corrected chi connectivity index (χ2v) is 5.70. The molecule has 2 rings (SSSR count). The third kappa shape index (κ3) is 5.05. The zero-order valence-electron chi connectivity index (χ0n) is 12.3. The van der Waals surface area contributed by atoms with Crippen molar-refractivity contribution in [2.24, 2.45) is 0 Å². The number of hydrogen-bond acceptors (Lipinski definition) is 1. The first-order chi connectivity index (χ1) is 10.2. The van der Waals surface area contributed by atoms with Crippen LogP contribution in [0.15, 0.2) is 48.5 Å².